The van der Waals surface area contributed by atoms with Crippen molar-refractivity contribution in [3.8, 4) is 0 Å². The van der Waals surface area contributed by atoms with E-state index in [1.54, 1.807) is 31.2 Å². The molecule has 0 aliphatic heterocycles. The first kappa shape index (κ1) is 13.9. The predicted octanol–water partition coefficient (Wildman–Crippen LogP) is 0.606. The van der Waals surface area contributed by atoms with Crippen LogP contribution in [0.5, 0.6) is 0 Å². The molecule has 6 nitrogen and oxygen atoms in total. The minimum atomic E-state index is -4.58. The van der Waals surface area contributed by atoms with E-state index in [1.807, 2.05) is 0 Å². The molecule has 96 valence electrons. The van der Waals surface area contributed by atoms with Crippen LogP contribution in [-0.2, 0) is 20.1 Å². The third-order valence-corrected chi connectivity index (χ3v) is 5.58. The molecule has 0 aliphatic carbocycles. The Morgan fingerprint density at radius 2 is 1.71 bits per heavy atom. The Morgan fingerprint density at radius 3 is 2.18 bits per heavy atom. The molecule has 17 heavy (non-hydrogen) atoms. The standard InChI is InChI=1S/C9H13NO5S2/c1-8-5-3-4-6-9(8)10(2)16(11,12)7-17(13,14)15/h3-6H,7H2,1-2H3,(H,13,14,15). The van der Waals surface area contributed by atoms with Gasteiger partial charge in [-0.25, -0.2) is 8.42 Å². The third kappa shape index (κ3) is 3.69. The highest BCUT2D eigenvalue weighted by Gasteiger charge is 2.25. The van der Waals surface area contributed by atoms with Crippen molar-refractivity contribution in [2.24, 2.45) is 0 Å². The number of para-hydroxylation sites is 1. The zero-order valence-corrected chi connectivity index (χ0v) is 11.0. The molecule has 0 fully saturated rings. The lowest BCUT2D eigenvalue weighted by molar-refractivity contribution is 0.487. The quantitative estimate of drug-likeness (QED) is 0.815. The van der Waals surface area contributed by atoms with Gasteiger partial charge in [0.15, 0.2) is 5.08 Å². The van der Waals surface area contributed by atoms with Crippen LogP contribution in [0, 0.1) is 6.92 Å². The van der Waals surface area contributed by atoms with Crippen molar-refractivity contribution in [3.05, 3.63) is 29.8 Å². The van der Waals surface area contributed by atoms with Crippen molar-refractivity contribution in [2.75, 3.05) is 16.4 Å². The van der Waals surface area contributed by atoms with Gasteiger partial charge < -0.3 is 0 Å². The second kappa shape index (κ2) is 4.63. The monoisotopic (exact) mass is 279 g/mol. The largest absolute Gasteiger partial charge is 0.285 e. The number of hydrogen-bond acceptors (Lipinski definition) is 4. The third-order valence-electron chi connectivity index (χ3n) is 2.17. The maximum Gasteiger partial charge on any atom is 0.281 e. The fourth-order valence-electron chi connectivity index (χ4n) is 1.33. The number of benzene rings is 1. The van der Waals surface area contributed by atoms with Gasteiger partial charge >= 0.3 is 0 Å². The topological polar surface area (TPSA) is 91.8 Å². The summed E-state index contributed by atoms with van der Waals surface area (Å²) in [5, 5.41) is -1.33. The minimum Gasteiger partial charge on any atom is -0.285 e. The number of hydrogen-bond donors (Lipinski definition) is 1. The maximum absolute atomic E-state index is 11.7. The average Bonchev–Trinajstić information content (AvgIpc) is 2.13. The molecule has 0 saturated heterocycles. The fraction of sp³-hybridized carbons (Fsp3) is 0.333. The van der Waals surface area contributed by atoms with E-state index in [4.69, 9.17) is 4.55 Å². The molecule has 8 heteroatoms. The second-order valence-corrected chi connectivity index (χ2v) is 7.38. The molecule has 0 saturated carbocycles. The van der Waals surface area contributed by atoms with Gasteiger partial charge in [0.1, 0.15) is 0 Å². The zero-order valence-electron chi connectivity index (χ0n) is 9.36. The highest BCUT2D eigenvalue weighted by atomic mass is 32.3. The van der Waals surface area contributed by atoms with Crippen molar-refractivity contribution in [1.82, 2.24) is 0 Å². The minimum absolute atomic E-state index is 0.371. The fourth-order valence-corrected chi connectivity index (χ4v) is 3.98. The number of aryl methyl sites for hydroxylation is 1. The highest BCUT2D eigenvalue weighted by molar-refractivity contribution is 8.06. The summed E-state index contributed by atoms with van der Waals surface area (Å²) in [5.74, 6) is 0. The Balaban J connectivity index is 3.14. The molecular weight excluding hydrogens is 266 g/mol. The molecule has 0 spiro atoms. The van der Waals surface area contributed by atoms with E-state index in [2.05, 4.69) is 0 Å². The second-order valence-electron chi connectivity index (χ2n) is 3.57. The first-order valence-corrected chi connectivity index (χ1v) is 7.83. The van der Waals surface area contributed by atoms with Crippen LogP contribution in [0.25, 0.3) is 0 Å². The van der Waals surface area contributed by atoms with Crippen molar-refractivity contribution >= 4 is 25.8 Å². The van der Waals surface area contributed by atoms with E-state index < -0.39 is 25.2 Å². The Morgan fingerprint density at radius 1 is 1.18 bits per heavy atom. The van der Waals surface area contributed by atoms with Crippen LogP contribution in [-0.4, -0.2) is 33.5 Å². The summed E-state index contributed by atoms with van der Waals surface area (Å²) in [7, 11) is -7.44. The molecule has 1 aromatic rings. The molecule has 0 aliphatic rings. The van der Waals surface area contributed by atoms with Crippen molar-refractivity contribution < 1.29 is 21.4 Å². The van der Waals surface area contributed by atoms with Crippen LogP contribution in [0.15, 0.2) is 24.3 Å². The summed E-state index contributed by atoms with van der Waals surface area (Å²) in [5.41, 5.74) is 1.06. The van der Waals surface area contributed by atoms with E-state index in [9.17, 15) is 16.8 Å². The van der Waals surface area contributed by atoms with Gasteiger partial charge in [0, 0.05) is 7.05 Å². The van der Waals surface area contributed by atoms with Crippen LogP contribution in [0.3, 0.4) is 0 Å². The van der Waals surface area contributed by atoms with E-state index in [-0.39, 0.29) is 0 Å². The Kier molecular flexibility index (Phi) is 3.80. The number of sulfonamides is 1. The predicted molar refractivity (Wildman–Crippen MR) is 64.9 cm³/mol. The van der Waals surface area contributed by atoms with Gasteiger partial charge in [0.05, 0.1) is 5.69 Å². The molecule has 1 rings (SSSR count). The Labute approximate surface area is 101 Å². The Bertz CT molecular complexity index is 606. The van der Waals surface area contributed by atoms with Gasteiger partial charge in [-0.2, -0.15) is 8.42 Å². The van der Waals surface area contributed by atoms with Crippen LogP contribution in [0.1, 0.15) is 5.56 Å². The van der Waals surface area contributed by atoms with E-state index in [0.717, 1.165) is 4.31 Å². The van der Waals surface area contributed by atoms with E-state index >= 15 is 0 Å². The number of rotatable bonds is 4. The summed E-state index contributed by atoms with van der Waals surface area (Å²) in [6, 6.07) is 6.63. The molecule has 1 N–H and O–H groups in total. The lowest BCUT2D eigenvalue weighted by atomic mass is 10.2. The summed E-state index contributed by atoms with van der Waals surface area (Å²) >= 11 is 0. The molecule has 0 atom stereocenters. The summed E-state index contributed by atoms with van der Waals surface area (Å²) in [4.78, 5) is 0. The van der Waals surface area contributed by atoms with Crippen molar-refractivity contribution in [3.63, 3.8) is 0 Å². The molecule has 0 radical (unpaired) electrons. The summed E-state index contributed by atoms with van der Waals surface area (Å²) in [6.45, 7) is 1.70. The molecule has 0 heterocycles. The van der Waals surface area contributed by atoms with Gasteiger partial charge in [0.25, 0.3) is 20.1 Å². The zero-order chi connectivity index (χ0) is 13.3. The maximum atomic E-state index is 11.7. The number of anilines is 1. The molecule has 0 bridgehead atoms. The summed E-state index contributed by atoms with van der Waals surface area (Å²) < 4.78 is 54.0. The highest BCUT2D eigenvalue weighted by Crippen LogP contribution is 2.21. The van der Waals surface area contributed by atoms with E-state index in [1.165, 1.54) is 7.05 Å². The summed E-state index contributed by atoms with van der Waals surface area (Å²) in [6.07, 6.45) is 0. The molecule has 1 aromatic carbocycles. The molecule has 0 unspecified atom stereocenters. The van der Waals surface area contributed by atoms with Crippen molar-refractivity contribution in [1.29, 1.82) is 0 Å². The van der Waals surface area contributed by atoms with Gasteiger partial charge in [-0.15, -0.1) is 0 Å². The molecule has 0 aromatic heterocycles. The lowest BCUT2D eigenvalue weighted by Gasteiger charge is -2.20. The van der Waals surface area contributed by atoms with Gasteiger partial charge in [-0.05, 0) is 18.6 Å². The number of nitrogens with zero attached hydrogens (tertiary/aromatic N) is 1. The van der Waals surface area contributed by atoms with Crippen molar-refractivity contribution in [2.45, 2.75) is 6.92 Å². The first-order chi connectivity index (χ1) is 7.63. The van der Waals surface area contributed by atoms with Crippen LogP contribution >= 0.6 is 0 Å². The normalized spacial score (nSPS) is 12.4. The molecule has 0 amide bonds. The SMILES string of the molecule is Cc1ccccc1N(C)S(=O)(=O)CS(=O)(=O)O. The first-order valence-electron chi connectivity index (χ1n) is 4.61. The average molecular weight is 279 g/mol. The smallest absolute Gasteiger partial charge is 0.281 e. The van der Waals surface area contributed by atoms with E-state index in [0.29, 0.717) is 11.3 Å². The van der Waals surface area contributed by atoms with Crippen LogP contribution < -0.4 is 4.31 Å². The van der Waals surface area contributed by atoms with Crippen LogP contribution in [0.2, 0.25) is 0 Å². The lowest BCUT2D eigenvalue weighted by Crippen LogP contribution is -2.32. The van der Waals surface area contributed by atoms with Gasteiger partial charge in [0.2, 0.25) is 0 Å². The van der Waals surface area contributed by atoms with Gasteiger partial charge in [-0.1, -0.05) is 18.2 Å². The molecular formula is C9H13NO5S2. The Hall–Kier alpha value is -1.12. The van der Waals surface area contributed by atoms with Crippen LogP contribution in [0.4, 0.5) is 5.69 Å². The van der Waals surface area contributed by atoms with Gasteiger partial charge in [-0.3, -0.25) is 8.86 Å².